The molecule has 86 valence electrons. The van der Waals surface area contributed by atoms with Crippen LogP contribution in [0.25, 0.3) is 0 Å². The monoisotopic (exact) mass is 212 g/mol. The number of rotatable bonds is 3. The number of carbonyl (C=O) groups excluding carboxylic acids is 1. The summed E-state index contributed by atoms with van der Waals surface area (Å²) < 4.78 is 5.98. The molecule has 1 saturated heterocycles. The molecule has 2 fully saturated rings. The van der Waals surface area contributed by atoms with Crippen molar-refractivity contribution in [3.63, 3.8) is 0 Å². The van der Waals surface area contributed by atoms with E-state index < -0.39 is 0 Å². The number of ether oxygens (including phenoxy) is 1. The molecule has 2 N–H and O–H groups in total. The van der Waals surface area contributed by atoms with Gasteiger partial charge in [-0.2, -0.15) is 0 Å². The van der Waals surface area contributed by atoms with Crippen molar-refractivity contribution in [3.8, 4) is 0 Å². The van der Waals surface area contributed by atoms with Gasteiger partial charge in [-0.15, -0.1) is 0 Å². The van der Waals surface area contributed by atoms with Gasteiger partial charge in [0.25, 0.3) is 5.91 Å². The van der Waals surface area contributed by atoms with E-state index in [1.807, 2.05) is 7.05 Å². The molecule has 0 spiro atoms. The fraction of sp³-hybridized carbons (Fsp3) is 0.909. The summed E-state index contributed by atoms with van der Waals surface area (Å²) in [6, 6.07) is 0. The van der Waals surface area contributed by atoms with Gasteiger partial charge in [0.05, 0.1) is 5.60 Å². The third-order valence-electron chi connectivity index (χ3n) is 3.66. The highest BCUT2D eigenvalue weighted by Crippen LogP contribution is 2.34. The summed E-state index contributed by atoms with van der Waals surface area (Å²) in [5.41, 5.74) is 5.57. The van der Waals surface area contributed by atoms with E-state index in [2.05, 4.69) is 0 Å². The third-order valence-corrected chi connectivity index (χ3v) is 3.66. The van der Waals surface area contributed by atoms with Gasteiger partial charge in [-0.25, -0.2) is 0 Å². The van der Waals surface area contributed by atoms with E-state index >= 15 is 0 Å². The molecule has 1 aliphatic heterocycles. The first-order valence-corrected chi connectivity index (χ1v) is 5.80. The molecular formula is C11H20N2O2. The summed E-state index contributed by atoms with van der Waals surface area (Å²) in [4.78, 5) is 13.5. The first-order chi connectivity index (χ1) is 7.17. The first-order valence-electron chi connectivity index (χ1n) is 5.80. The minimum atomic E-state index is -0.239. The Morgan fingerprint density at radius 2 is 2.20 bits per heavy atom. The van der Waals surface area contributed by atoms with Crippen LogP contribution in [0.15, 0.2) is 0 Å². The van der Waals surface area contributed by atoms with Crippen LogP contribution >= 0.6 is 0 Å². The molecule has 4 heteroatoms. The fourth-order valence-electron chi connectivity index (χ4n) is 2.59. The van der Waals surface area contributed by atoms with Crippen LogP contribution in [-0.4, -0.2) is 42.6 Å². The molecule has 4 nitrogen and oxygen atoms in total. The van der Waals surface area contributed by atoms with Crippen molar-refractivity contribution in [2.24, 2.45) is 5.73 Å². The molecule has 1 aliphatic carbocycles. The number of likely N-dealkylation sites (N-methyl/N-ethyl adjacent to an activating group) is 1. The Hall–Kier alpha value is -0.610. The zero-order valence-corrected chi connectivity index (χ0v) is 9.37. The van der Waals surface area contributed by atoms with Crippen LogP contribution < -0.4 is 5.73 Å². The van der Waals surface area contributed by atoms with Gasteiger partial charge in [-0.05, 0) is 12.8 Å². The molecule has 1 heterocycles. The Morgan fingerprint density at radius 1 is 1.53 bits per heavy atom. The molecule has 1 unspecified atom stereocenters. The summed E-state index contributed by atoms with van der Waals surface area (Å²) in [6.45, 7) is 1.35. The number of hydrogen-bond acceptors (Lipinski definition) is 3. The van der Waals surface area contributed by atoms with E-state index in [1.165, 1.54) is 12.8 Å². The van der Waals surface area contributed by atoms with E-state index in [1.54, 1.807) is 4.90 Å². The van der Waals surface area contributed by atoms with Crippen molar-refractivity contribution in [3.05, 3.63) is 0 Å². The van der Waals surface area contributed by atoms with Crippen molar-refractivity contribution in [1.82, 2.24) is 4.90 Å². The average molecular weight is 212 g/mol. The average Bonchev–Trinajstić information content (AvgIpc) is 2.82. The van der Waals surface area contributed by atoms with Gasteiger partial charge in [0.15, 0.2) is 0 Å². The van der Waals surface area contributed by atoms with Crippen LogP contribution in [0.4, 0.5) is 0 Å². The number of nitrogens with zero attached hydrogens (tertiary/aromatic N) is 1. The molecule has 0 bridgehead atoms. The zero-order valence-electron chi connectivity index (χ0n) is 9.37. The van der Waals surface area contributed by atoms with Crippen molar-refractivity contribution < 1.29 is 9.53 Å². The van der Waals surface area contributed by atoms with E-state index in [9.17, 15) is 4.79 Å². The summed E-state index contributed by atoms with van der Waals surface area (Å²) in [6.07, 6.45) is 4.95. The smallest absolute Gasteiger partial charge is 0.251 e. The van der Waals surface area contributed by atoms with Crippen molar-refractivity contribution in [2.45, 2.75) is 43.8 Å². The lowest BCUT2D eigenvalue weighted by molar-refractivity contribution is -0.147. The Labute approximate surface area is 90.8 Å². The zero-order chi connectivity index (χ0) is 10.9. The Balaban J connectivity index is 1.98. The Bertz CT molecular complexity index is 249. The van der Waals surface area contributed by atoms with Crippen LogP contribution in [0.5, 0.6) is 0 Å². The van der Waals surface area contributed by atoms with Gasteiger partial charge in [-0.1, -0.05) is 12.8 Å². The van der Waals surface area contributed by atoms with E-state index in [0.717, 1.165) is 25.8 Å². The molecule has 0 aromatic carbocycles. The molecule has 1 amide bonds. The normalized spacial score (nSPS) is 30.1. The lowest BCUT2D eigenvalue weighted by Gasteiger charge is -2.30. The molecule has 0 aromatic rings. The molecule has 2 aliphatic rings. The number of amides is 1. The van der Waals surface area contributed by atoms with Crippen LogP contribution in [0.2, 0.25) is 0 Å². The van der Waals surface area contributed by atoms with Crippen molar-refractivity contribution in [1.29, 1.82) is 0 Å². The standard InChI is InChI=1S/C11H20N2O2/c1-13-7-4-9(10(13)14)15-11(8-12)5-2-3-6-11/h9H,2-8,12H2,1H3. The summed E-state index contributed by atoms with van der Waals surface area (Å²) in [7, 11) is 1.83. The SMILES string of the molecule is CN1CCC(OC2(CN)CCCC2)C1=O. The molecule has 1 saturated carbocycles. The Morgan fingerprint density at radius 3 is 2.67 bits per heavy atom. The predicted molar refractivity (Wildman–Crippen MR) is 57.4 cm³/mol. The van der Waals surface area contributed by atoms with Crippen LogP contribution in [-0.2, 0) is 9.53 Å². The number of nitrogens with two attached hydrogens (primary N) is 1. The predicted octanol–water partition coefficient (Wildman–Crippen LogP) is 0.505. The van der Waals surface area contributed by atoms with Gasteiger partial charge in [0.1, 0.15) is 6.10 Å². The van der Waals surface area contributed by atoms with Gasteiger partial charge >= 0.3 is 0 Å². The lowest BCUT2D eigenvalue weighted by atomic mass is 10.0. The molecule has 15 heavy (non-hydrogen) atoms. The maximum atomic E-state index is 11.7. The van der Waals surface area contributed by atoms with Crippen LogP contribution in [0.1, 0.15) is 32.1 Å². The summed E-state index contributed by atoms with van der Waals surface area (Å²) in [5.74, 6) is 0.120. The van der Waals surface area contributed by atoms with E-state index in [0.29, 0.717) is 6.54 Å². The fourth-order valence-corrected chi connectivity index (χ4v) is 2.59. The highest BCUT2D eigenvalue weighted by molar-refractivity contribution is 5.82. The summed E-state index contributed by atoms with van der Waals surface area (Å²) in [5, 5.41) is 0. The van der Waals surface area contributed by atoms with E-state index in [-0.39, 0.29) is 17.6 Å². The highest BCUT2D eigenvalue weighted by atomic mass is 16.5. The molecular weight excluding hydrogens is 192 g/mol. The van der Waals surface area contributed by atoms with Crippen molar-refractivity contribution >= 4 is 5.91 Å². The molecule has 0 aromatic heterocycles. The topological polar surface area (TPSA) is 55.6 Å². The second-order valence-electron chi connectivity index (χ2n) is 4.75. The lowest BCUT2D eigenvalue weighted by Crippen LogP contribution is -2.43. The second kappa shape index (κ2) is 4.10. The quantitative estimate of drug-likeness (QED) is 0.741. The largest absolute Gasteiger partial charge is 0.361 e. The minimum Gasteiger partial charge on any atom is -0.361 e. The van der Waals surface area contributed by atoms with E-state index in [4.69, 9.17) is 10.5 Å². The number of carbonyl (C=O) groups is 1. The van der Waals surface area contributed by atoms with Gasteiger partial charge in [0.2, 0.25) is 0 Å². The first kappa shape index (κ1) is 10.9. The molecule has 1 atom stereocenters. The highest BCUT2D eigenvalue weighted by Gasteiger charge is 2.40. The maximum absolute atomic E-state index is 11.7. The Kier molecular flexibility index (Phi) is 2.98. The van der Waals surface area contributed by atoms with Crippen molar-refractivity contribution in [2.75, 3.05) is 20.1 Å². The van der Waals surface area contributed by atoms with Gasteiger partial charge in [-0.3, -0.25) is 4.79 Å². The maximum Gasteiger partial charge on any atom is 0.251 e. The third kappa shape index (κ3) is 2.01. The molecule has 0 radical (unpaired) electrons. The van der Waals surface area contributed by atoms with Gasteiger partial charge < -0.3 is 15.4 Å². The van der Waals surface area contributed by atoms with Crippen LogP contribution in [0, 0.1) is 0 Å². The number of hydrogen-bond donors (Lipinski definition) is 1. The number of likely N-dealkylation sites (tertiary alicyclic amines) is 1. The summed E-state index contributed by atoms with van der Waals surface area (Å²) >= 11 is 0. The minimum absolute atomic E-state index is 0.120. The molecule has 2 rings (SSSR count). The second-order valence-corrected chi connectivity index (χ2v) is 4.75. The van der Waals surface area contributed by atoms with Crippen LogP contribution in [0.3, 0.4) is 0 Å². The van der Waals surface area contributed by atoms with Gasteiger partial charge in [0, 0.05) is 26.6 Å².